The van der Waals surface area contributed by atoms with E-state index in [-0.39, 0.29) is 11.2 Å². The molecule has 0 spiro atoms. The standard InChI is InChI=1S/C15H20FNO/c1-17(14-8-4-3-7-13(14)16)11-15(12-18)9-5-2-6-10-15/h3-4,7-8,12H,2,5-6,9-11H2,1H3. The first-order valence-electron chi connectivity index (χ1n) is 6.59. The van der Waals surface area contributed by atoms with Crippen LogP contribution in [-0.4, -0.2) is 19.9 Å². The molecule has 0 amide bonds. The average molecular weight is 249 g/mol. The molecule has 0 bridgehead atoms. The number of benzene rings is 1. The Morgan fingerprint density at radius 1 is 1.28 bits per heavy atom. The highest BCUT2D eigenvalue weighted by atomic mass is 19.1. The Hall–Kier alpha value is -1.38. The molecule has 1 aliphatic rings. The minimum atomic E-state index is -0.282. The average Bonchev–Trinajstić information content (AvgIpc) is 2.40. The van der Waals surface area contributed by atoms with Gasteiger partial charge < -0.3 is 9.69 Å². The maximum atomic E-state index is 13.7. The SMILES string of the molecule is CN(CC1(C=O)CCCCC1)c1ccccc1F. The van der Waals surface area contributed by atoms with Crippen molar-refractivity contribution in [3.8, 4) is 0 Å². The number of halogens is 1. The van der Waals surface area contributed by atoms with Crippen LogP contribution in [0.5, 0.6) is 0 Å². The summed E-state index contributed by atoms with van der Waals surface area (Å²) in [5.41, 5.74) is 0.291. The van der Waals surface area contributed by atoms with Crippen LogP contribution in [0, 0.1) is 11.2 Å². The molecule has 0 saturated heterocycles. The van der Waals surface area contributed by atoms with Crippen LogP contribution in [0.15, 0.2) is 24.3 Å². The summed E-state index contributed by atoms with van der Waals surface area (Å²) in [6.07, 6.45) is 6.35. The molecule has 0 unspecified atom stereocenters. The van der Waals surface area contributed by atoms with E-state index in [1.54, 1.807) is 12.1 Å². The number of carbonyl (C=O) groups excluding carboxylic acids is 1. The molecule has 1 aromatic rings. The lowest BCUT2D eigenvalue weighted by Gasteiger charge is -2.36. The fourth-order valence-corrected chi connectivity index (χ4v) is 2.89. The summed E-state index contributed by atoms with van der Waals surface area (Å²) in [4.78, 5) is 13.3. The van der Waals surface area contributed by atoms with E-state index in [1.165, 1.54) is 12.5 Å². The number of carbonyl (C=O) groups is 1. The van der Waals surface area contributed by atoms with Gasteiger partial charge in [0.15, 0.2) is 0 Å². The quantitative estimate of drug-likeness (QED) is 0.762. The number of aldehydes is 1. The molecule has 1 aromatic carbocycles. The van der Waals surface area contributed by atoms with Crippen LogP contribution in [0.2, 0.25) is 0 Å². The topological polar surface area (TPSA) is 20.3 Å². The maximum absolute atomic E-state index is 13.7. The highest BCUT2D eigenvalue weighted by molar-refractivity contribution is 5.62. The van der Waals surface area contributed by atoms with E-state index in [1.807, 2.05) is 18.0 Å². The third kappa shape index (κ3) is 2.71. The molecule has 1 fully saturated rings. The largest absolute Gasteiger partial charge is 0.371 e. The van der Waals surface area contributed by atoms with Gasteiger partial charge in [0.1, 0.15) is 12.1 Å². The third-order valence-corrected chi connectivity index (χ3v) is 3.92. The van der Waals surface area contributed by atoms with Gasteiger partial charge in [0.25, 0.3) is 0 Å². The number of hydrogen-bond donors (Lipinski definition) is 0. The van der Waals surface area contributed by atoms with Crippen LogP contribution in [-0.2, 0) is 4.79 Å². The van der Waals surface area contributed by atoms with E-state index in [0.717, 1.165) is 32.0 Å². The van der Waals surface area contributed by atoms with Gasteiger partial charge in [0.2, 0.25) is 0 Å². The second kappa shape index (κ2) is 5.51. The van der Waals surface area contributed by atoms with E-state index in [4.69, 9.17) is 0 Å². The zero-order valence-corrected chi connectivity index (χ0v) is 10.9. The first-order chi connectivity index (χ1) is 8.67. The molecule has 3 heteroatoms. The Morgan fingerprint density at radius 3 is 2.56 bits per heavy atom. The summed E-state index contributed by atoms with van der Waals surface area (Å²) in [6.45, 7) is 0.609. The number of anilines is 1. The Bertz CT molecular complexity index is 413. The van der Waals surface area contributed by atoms with Crippen LogP contribution in [0.25, 0.3) is 0 Å². The highest BCUT2D eigenvalue weighted by Crippen LogP contribution is 2.36. The van der Waals surface area contributed by atoms with E-state index >= 15 is 0 Å². The lowest BCUT2D eigenvalue weighted by atomic mass is 9.75. The molecule has 0 N–H and O–H groups in total. The first kappa shape index (κ1) is 13.1. The van der Waals surface area contributed by atoms with Crippen molar-refractivity contribution in [1.82, 2.24) is 0 Å². The Kier molecular flexibility index (Phi) is 4.00. The second-order valence-corrected chi connectivity index (χ2v) is 5.35. The smallest absolute Gasteiger partial charge is 0.146 e. The van der Waals surface area contributed by atoms with E-state index in [2.05, 4.69) is 0 Å². The van der Waals surface area contributed by atoms with Crippen molar-refractivity contribution in [2.75, 3.05) is 18.5 Å². The summed E-state index contributed by atoms with van der Waals surface area (Å²) < 4.78 is 13.7. The van der Waals surface area contributed by atoms with Gasteiger partial charge in [-0.2, -0.15) is 0 Å². The molecular weight excluding hydrogens is 229 g/mol. The predicted molar refractivity (Wildman–Crippen MR) is 71.3 cm³/mol. The fraction of sp³-hybridized carbons (Fsp3) is 0.533. The monoisotopic (exact) mass is 249 g/mol. The molecule has 0 aliphatic heterocycles. The lowest BCUT2D eigenvalue weighted by Crippen LogP contribution is -2.38. The van der Waals surface area contributed by atoms with Gasteiger partial charge in [-0.15, -0.1) is 0 Å². The predicted octanol–water partition coefficient (Wildman–Crippen LogP) is 3.41. The number of nitrogens with zero attached hydrogens (tertiary/aromatic N) is 1. The van der Waals surface area contributed by atoms with Gasteiger partial charge >= 0.3 is 0 Å². The molecule has 2 nitrogen and oxygen atoms in total. The summed E-state index contributed by atoms with van der Waals surface area (Å²) >= 11 is 0. The highest BCUT2D eigenvalue weighted by Gasteiger charge is 2.33. The molecule has 0 heterocycles. The second-order valence-electron chi connectivity index (χ2n) is 5.35. The molecule has 98 valence electrons. The van der Waals surface area contributed by atoms with Crippen molar-refractivity contribution in [1.29, 1.82) is 0 Å². The number of para-hydroxylation sites is 1. The summed E-state index contributed by atoms with van der Waals surface area (Å²) in [6, 6.07) is 6.73. The molecule has 0 aromatic heterocycles. The molecular formula is C15H20FNO. The Labute approximate surface area is 108 Å². The maximum Gasteiger partial charge on any atom is 0.146 e. The summed E-state index contributed by atoms with van der Waals surface area (Å²) in [5.74, 6) is -0.225. The number of hydrogen-bond acceptors (Lipinski definition) is 2. The Morgan fingerprint density at radius 2 is 1.94 bits per heavy atom. The van der Waals surface area contributed by atoms with Crippen molar-refractivity contribution >= 4 is 12.0 Å². The van der Waals surface area contributed by atoms with Crippen molar-refractivity contribution in [2.45, 2.75) is 32.1 Å². The first-order valence-corrected chi connectivity index (χ1v) is 6.59. The van der Waals surface area contributed by atoms with Crippen LogP contribution in [0.4, 0.5) is 10.1 Å². The van der Waals surface area contributed by atoms with Crippen LogP contribution < -0.4 is 4.90 Å². The van der Waals surface area contributed by atoms with Crippen LogP contribution >= 0.6 is 0 Å². The van der Waals surface area contributed by atoms with Gasteiger partial charge in [-0.25, -0.2) is 4.39 Å². The zero-order chi connectivity index (χ0) is 13.0. The van der Waals surface area contributed by atoms with Crippen LogP contribution in [0.1, 0.15) is 32.1 Å². The van der Waals surface area contributed by atoms with E-state index in [0.29, 0.717) is 12.2 Å². The molecule has 1 saturated carbocycles. The van der Waals surface area contributed by atoms with Gasteiger partial charge in [-0.05, 0) is 25.0 Å². The molecule has 18 heavy (non-hydrogen) atoms. The van der Waals surface area contributed by atoms with Crippen LogP contribution in [0.3, 0.4) is 0 Å². The van der Waals surface area contributed by atoms with E-state index in [9.17, 15) is 9.18 Å². The third-order valence-electron chi connectivity index (χ3n) is 3.92. The minimum Gasteiger partial charge on any atom is -0.371 e. The fourth-order valence-electron chi connectivity index (χ4n) is 2.89. The normalized spacial score (nSPS) is 18.3. The lowest BCUT2D eigenvalue weighted by molar-refractivity contribution is -0.117. The van der Waals surface area contributed by atoms with Crippen molar-refractivity contribution in [3.05, 3.63) is 30.1 Å². The molecule has 0 radical (unpaired) electrons. The van der Waals surface area contributed by atoms with Gasteiger partial charge in [0.05, 0.1) is 5.69 Å². The van der Waals surface area contributed by atoms with Gasteiger partial charge in [0, 0.05) is 19.0 Å². The molecule has 1 aliphatic carbocycles. The van der Waals surface area contributed by atoms with Crippen molar-refractivity contribution < 1.29 is 9.18 Å². The van der Waals surface area contributed by atoms with E-state index < -0.39 is 0 Å². The zero-order valence-electron chi connectivity index (χ0n) is 10.9. The van der Waals surface area contributed by atoms with Crippen molar-refractivity contribution in [3.63, 3.8) is 0 Å². The number of rotatable bonds is 4. The Balaban J connectivity index is 2.12. The molecule has 0 atom stereocenters. The van der Waals surface area contributed by atoms with Gasteiger partial charge in [-0.1, -0.05) is 31.4 Å². The van der Waals surface area contributed by atoms with Crippen molar-refractivity contribution in [2.24, 2.45) is 5.41 Å². The van der Waals surface area contributed by atoms with Gasteiger partial charge in [-0.3, -0.25) is 0 Å². The molecule has 2 rings (SSSR count). The summed E-state index contributed by atoms with van der Waals surface area (Å²) in [7, 11) is 1.86. The summed E-state index contributed by atoms with van der Waals surface area (Å²) in [5, 5.41) is 0. The minimum absolute atomic E-state index is 0.225.